The smallest absolute Gasteiger partial charge is 0.245 e. The van der Waals surface area contributed by atoms with Crippen molar-refractivity contribution in [2.24, 2.45) is 0 Å². The lowest BCUT2D eigenvalue weighted by atomic mass is 10.1. The van der Waals surface area contributed by atoms with E-state index in [4.69, 9.17) is 0 Å². The molecular weight excluding hydrogens is 306 g/mol. The van der Waals surface area contributed by atoms with Crippen LogP contribution in [0.5, 0.6) is 0 Å². The summed E-state index contributed by atoms with van der Waals surface area (Å²) < 4.78 is 0. The van der Waals surface area contributed by atoms with Crippen LogP contribution in [0.15, 0.2) is 30.9 Å². The molecule has 0 saturated carbocycles. The number of amides is 2. The minimum atomic E-state index is -0.636. The van der Waals surface area contributed by atoms with Gasteiger partial charge in [-0.25, -0.2) is 4.98 Å². The second-order valence-electron chi connectivity index (χ2n) is 5.74. The molecule has 2 heterocycles. The van der Waals surface area contributed by atoms with E-state index in [1.54, 1.807) is 24.5 Å². The van der Waals surface area contributed by atoms with E-state index in [1.165, 1.54) is 6.92 Å². The summed E-state index contributed by atoms with van der Waals surface area (Å²) in [5.74, 6) is -0.409. The van der Waals surface area contributed by atoms with E-state index in [2.05, 4.69) is 27.2 Å². The summed E-state index contributed by atoms with van der Waals surface area (Å²) >= 11 is 0. The first-order chi connectivity index (χ1) is 11.5. The molecule has 24 heavy (non-hydrogen) atoms. The van der Waals surface area contributed by atoms with E-state index >= 15 is 0 Å². The number of carbonyl (C=O) groups is 2. The molecule has 0 aliphatic heterocycles. The average Bonchev–Trinajstić information content (AvgIpc) is 3.07. The number of aromatic amines is 1. The van der Waals surface area contributed by atoms with E-state index in [0.717, 1.165) is 23.4 Å². The maximum Gasteiger partial charge on any atom is 0.245 e. The van der Waals surface area contributed by atoms with Gasteiger partial charge in [-0.1, -0.05) is 13.0 Å². The molecular formula is C17H23N5O2. The molecule has 0 aliphatic rings. The lowest BCUT2D eigenvalue weighted by Gasteiger charge is -2.23. The third kappa shape index (κ3) is 4.91. The Morgan fingerprint density at radius 1 is 1.33 bits per heavy atom. The van der Waals surface area contributed by atoms with Gasteiger partial charge in [0.05, 0.1) is 18.6 Å². The molecule has 128 valence electrons. The highest BCUT2D eigenvalue weighted by atomic mass is 16.2. The molecule has 7 nitrogen and oxygen atoms in total. The van der Waals surface area contributed by atoms with Crippen LogP contribution in [0.4, 0.5) is 0 Å². The minimum absolute atomic E-state index is 0.166. The van der Waals surface area contributed by atoms with Crippen molar-refractivity contribution in [2.45, 2.75) is 39.3 Å². The largest absolute Gasteiger partial charge is 0.348 e. The molecule has 0 spiro atoms. The molecule has 0 saturated heterocycles. The van der Waals surface area contributed by atoms with Crippen molar-refractivity contribution in [3.8, 4) is 0 Å². The highest BCUT2D eigenvalue weighted by Crippen LogP contribution is 2.07. The van der Waals surface area contributed by atoms with E-state index < -0.39 is 6.04 Å². The molecule has 2 aromatic rings. The second kappa shape index (κ2) is 8.24. The predicted molar refractivity (Wildman–Crippen MR) is 90.0 cm³/mol. The molecule has 0 fully saturated rings. The molecule has 2 N–H and O–H groups in total. The Kier molecular flexibility index (Phi) is 6.06. The first-order valence-corrected chi connectivity index (χ1v) is 7.92. The number of nitrogens with one attached hydrogen (secondary N) is 2. The van der Waals surface area contributed by atoms with Crippen LogP contribution in [0, 0.1) is 0 Å². The third-order valence-electron chi connectivity index (χ3n) is 3.72. The van der Waals surface area contributed by atoms with Crippen LogP contribution in [0.2, 0.25) is 0 Å². The van der Waals surface area contributed by atoms with Crippen molar-refractivity contribution in [3.05, 3.63) is 47.8 Å². The fourth-order valence-corrected chi connectivity index (χ4v) is 2.41. The van der Waals surface area contributed by atoms with Crippen molar-refractivity contribution in [1.29, 1.82) is 0 Å². The lowest BCUT2D eigenvalue weighted by Crippen LogP contribution is -2.47. The molecule has 0 unspecified atom stereocenters. The van der Waals surface area contributed by atoms with Gasteiger partial charge in [-0.3, -0.25) is 14.6 Å². The molecule has 0 radical (unpaired) electrons. The minimum Gasteiger partial charge on any atom is -0.348 e. The van der Waals surface area contributed by atoms with Crippen LogP contribution in [-0.4, -0.2) is 44.8 Å². The van der Waals surface area contributed by atoms with Crippen LogP contribution in [0.3, 0.4) is 0 Å². The van der Waals surface area contributed by atoms with Gasteiger partial charge in [0.15, 0.2) is 0 Å². The summed E-state index contributed by atoms with van der Waals surface area (Å²) in [6, 6.07) is 3.30. The number of H-pyrrole nitrogens is 1. The Hall–Kier alpha value is -2.70. The second-order valence-corrected chi connectivity index (χ2v) is 5.74. The molecule has 1 atom stereocenters. The van der Waals surface area contributed by atoms with Gasteiger partial charge in [0, 0.05) is 38.5 Å². The fourth-order valence-electron chi connectivity index (χ4n) is 2.41. The number of aryl methyl sites for hydroxylation is 1. The third-order valence-corrected chi connectivity index (χ3v) is 3.72. The van der Waals surface area contributed by atoms with Crippen molar-refractivity contribution in [1.82, 2.24) is 25.2 Å². The molecule has 0 bridgehead atoms. The van der Waals surface area contributed by atoms with Crippen molar-refractivity contribution < 1.29 is 9.59 Å². The fraction of sp³-hybridized carbons (Fsp3) is 0.412. The molecule has 2 amide bonds. The summed E-state index contributed by atoms with van der Waals surface area (Å²) in [5.41, 5.74) is 2.76. The summed E-state index contributed by atoms with van der Waals surface area (Å²) in [4.78, 5) is 36.9. The van der Waals surface area contributed by atoms with Crippen molar-refractivity contribution in [3.63, 3.8) is 0 Å². The summed E-state index contributed by atoms with van der Waals surface area (Å²) in [6.45, 7) is 3.86. The number of imidazole rings is 1. The Morgan fingerprint density at radius 2 is 2.12 bits per heavy atom. The van der Waals surface area contributed by atoms with Gasteiger partial charge in [-0.05, 0) is 18.1 Å². The quantitative estimate of drug-likeness (QED) is 0.795. The number of carbonyl (C=O) groups excluding carboxylic acids is 2. The molecule has 0 aromatic carbocycles. The summed E-state index contributed by atoms with van der Waals surface area (Å²) in [5, 5.41) is 2.70. The maximum atomic E-state index is 12.7. The lowest BCUT2D eigenvalue weighted by molar-refractivity contribution is -0.135. The SMILES string of the molecule is CCc1ccc(CN(C)C(=O)[C@H](Cc2cnc[nH]2)NC(C)=O)nc1. The Balaban J connectivity index is 2.04. The molecule has 7 heteroatoms. The van der Waals surface area contributed by atoms with Crippen molar-refractivity contribution >= 4 is 11.8 Å². The zero-order valence-electron chi connectivity index (χ0n) is 14.2. The zero-order chi connectivity index (χ0) is 17.5. The van der Waals surface area contributed by atoms with Gasteiger partial charge in [0.1, 0.15) is 6.04 Å². The van der Waals surface area contributed by atoms with Crippen LogP contribution < -0.4 is 5.32 Å². The normalized spacial score (nSPS) is 11.8. The molecule has 2 aromatic heterocycles. The van der Waals surface area contributed by atoms with Crippen LogP contribution >= 0.6 is 0 Å². The molecule has 0 aliphatic carbocycles. The van der Waals surface area contributed by atoms with Crippen LogP contribution in [0.25, 0.3) is 0 Å². The zero-order valence-corrected chi connectivity index (χ0v) is 14.2. The van der Waals surface area contributed by atoms with Gasteiger partial charge in [0.25, 0.3) is 0 Å². The Labute approximate surface area is 141 Å². The standard InChI is InChI=1S/C17H23N5O2/c1-4-13-5-6-14(19-8-13)10-22(3)17(24)16(21-12(2)23)7-15-9-18-11-20-15/h5-6,8-9,11,16H,4,7,10H2,1-3H3,(H,18,20)(H,21,23)/t16-/m0/s1. The Bertz CT molecular complexity index is 667. The summed E-state index contributed by atoms with van der Waals surface area (Å²) in [7, 11) is 1.71. The van der Waals surface area contributed by atoms with E-state index in [9.17, 15) is 9.59 Å². The van der Waals surface area contributed by atoms with Gasteiger partial charge in [-0.15, -0.1) is 0 Å². The first-order valence-electron chi connectivity index (χ1n) is 7.92. The summed E-state index contributed by atoms with van der Waals surface area (Å²) in [6.07, 6.45) is 6.31. The van der Waals surface area contributed by atoms with E-state index in [0.29, 0.717) is 13.0 Å². The highest BCUT2D eigenvalue weighted by Gasteiger charge is 2.24. The van der Waals surface area contributed by atoms with E-state index in [-0.39, 0.29) is 11.8 Å². The van der Waals surface area contributed by atoms with Gasteiger partial charge in [-0.2, -0.15) is 0 Å². The molecule has 2 rings (SSSR count). The number of hydrogen-bond donors (Lipinski definition) is 2. The number of aromatic nitrogens is 3. The van der Waals surface area contributed by atoms with Crippen LogP contribution in [-0.2, 0) is 29.0 Å². The number of hydrogen-bond acceptors (Lipinski definition) is 4. The van der Waals surface area contributed by atoms with Gasteiger partial charge >= 0.3 is 0 Å². The van der Waals surface area contributed by atoms with Crippen LogP contribution in [0.1, 0.15) is 30.8 Å². The van der Waals surface area contributed by atoms with Gasteiger partial charge in [0.2, 0.25) is 11.8 Å². The van der Waals surface area contributed by atoms with Crippen molar-refractivity contribution in [2.75, 3.05) is 7.05 Å². The average molecular weight is 329 g/mol. The number of rotatable bonds is 7. The maximum absolute atomic E-state index is 12.7. The highest BCUT2D eigenvalue weighted by molar-refractivity contribution is 5.86. The van der Waals surface area contributed by atoms with Gasteiger partial charge < -0.3 is 15.2 Å². The number of pyridine rings is 1. The number of likely N-dealkylation sites (N-methyl/N-ethyl adjacent to an activating group) is 1. The monoisotopic (exact) mass is 329 g/mol. The Morgan fingerprint density at radius 3 is 2.67 bits per heavy atom. The predicted octanol–water partition coefficient (Wildman–Crippen LogP) is 1.07. The topological polar surface area (TPSA) is 91.0 Å². The first kappa shape index (κ1) is 17.7. The number of nitrogens with zero attached hydrogens (tertiary/aromatic N) is 3. The van der Waals surface area contributed by atoms with E-state index in [1.807, 2.05) is 18.3 Å².